The normalized spacial score (nSPS) is 17.9. The van der Waals surface area contributed by atoms with Crippen LogP contribution in [0.15, 0.2) is 24.1 Å². The van der Waals surface area contributed by atoms with Gasteiger partial charge in [0.05, 0.1) is 0 Å². The van der Waals surface area contributed by atoms with Gasteiger partial charge in [-0.15, -0.1) is 0 Å². The largest absolute Gasteiger partial charge is 0.374 e. The Kier molecular flexibility index (Phi) is 1.78. The smallest absolute Gasteiger partial charge is 0.177 e. The maximum Gasteiger partial charge on any atom is 0.177 e. The molecule has 1 aliphatic heterocycles. The molecule has 1 radical (unpaired) electrons. The molecule has 0 saturated carbocycles. The summed E-state index contributed by atoms with van der Waals surface area (Å²) in [5.74, 6) is 0.125. The van der Waals surface area contributed by atoms with Crippen molar-refractivity contribution >= 4 is 0 Å². The lowest BCUT2D eigenvalue weighted by molar-refractivity contribution is 0.300. The monoisotopic (exact) mass is 124 g/mol. The van der Waals surface area contributed by atoms with E-state index in [0.717, 1.165) is 13.1 Å². The van der Waals surface area contributed by atoms with Gasteiger partial charge >= 0.3 is 0 Å². The molecule has 0 aromatic carbocycles. The number of rotatable bonds is 1. The van der Waals surface area contributed by atoms with E-state index in [-0.39, 0.29) is 5.76 Å². The van der Waals surface area contributed by atoms with Crippen LogP contribution >= 0.6 is 0 Å². The molecule has 2 nitrogen and oxygen atoms in total. The van der Waals surface area contributed by atoms with Crippen molar-refractivity contribution < 1.29 is 5.11 Å². The van der Waals surface area contributed by atoms with Gasteiger partial charge in [-0.05, 0) is 13.0 Å². The zero-order chi connectivity index (χ0) is 6.69. The minimum absolute atomic E-state index is 0.125. The molecule has 2 heteroatoms. The van der Waals surface area contributed by atoms with E-state index in [1.165, 1.54) is 0 Å². The Labute approximate surface area is 55.1 Å². The van der Waals surface area contributed by atoms with Crippen molar-refractivity contribution in [2.45, 2.75) is 6.92 Å². The molecule has 0 aliphatic carbocycles. The minimum Gasteiger partial charge on any atom is -0.374 e. The van der Waals surface area contributed by atoms with Crippen molar-refractivity contribution in [2.24, 2.45) is 0 Å². The topological polar surface area (TPSA) is 23.1 Å². The molecule has 0 aromatic heterocycles. The fourth-order valence-electron chi connectivity index (χ4n) is 0.750. The van der Waals surface area contributed by atoms with Crippen molar-refractivity contribution in [3.8, 4) is 0 Å². The van der Waals surface area contributed by atoms with Crippen LogP contribution in [-0.4, -0.2) is 18.0 Å². The molecule has 0 bridgehead atoms. The summed E-state index contributed by atoms with van der Waals surface area (Å²) in [5.41, 5.74) is 0. The van der Waals surface area contributed by atoms with E-state index < -0.39 is 0 Å². The molecular weight excluding hydrogens is 114 g/mol. The van der Waals surface area contributed by atoms with E-state index in [1.54, 1.807) is 12.2 Å². The number of nitrogens with zero attached hydrogens (tertiary/aromatic N) is 1. The van der Waals surface area contributed by atoms with Crippen molar-refractivity contribution in [1.82, 2.24) is 4.90 Å². The lowest BCUT2D eigenvalue weighted by Crippen LogP contribution is -2.18. The molecule has 0 fully saturated rings. The Morgan fingerprint density at radius 1 is 1.78 bits per heavy atom. The Morgan fingerprint density at radius 3 is 3.00 bits per heavy atom. The van der Waals surface area contributed by atoms with Crippen molar-refractivity contribution in [3.05, 3.63) is 24.1 Å². The quantitative estimate of drug-likeness (QED) is 0.514. The van der Waals surface area contributed by atoms with Crippen LogP contribution in [0.2, 0.25) is 0 Å². The second-order valence-corrected chi connectivity index (χ2v) is 2.01. The summed E-state index contributed by atoms with van der Waals surface area (Å²) >= 11 is 0. The van der Waals surface area contributed by atoms with E-state index in [2.05, 4.69) is 11.8 Å². The third-order valence-corrected chi connectivity index (χ3v) is 1.38. The molecule has 0 amide bonds. The Balaban J connectivity index is 2.48. The van der Waals surface area contributed by atoms with Crippen LogP contribution in [0.4, 0.5) is 0 Å². The molecule has 9 heavy (non-hydrogen) atoms. The van der Waals surface area contributed by atoms with Crippen LogP contribution in [0.25, 0.3) is 0 Å². The van der Waals surface area contributed by atoms with Crippen LogP contribution < -0.4 is 0 Å². The highest BCUT2D eigenvalue weighted by molar-refractivity contribution is 5.14. The van der Waals surface area contributed by atoms with Gasteiger partial charge in [0.2, 0.25) is 0 Å². The molecule has 1 rings (SSSR count). The van der Waals surface area contributed by atoms with Crippen LogP contribution in [0.5, 0.6) is 0 Å². The zero-order valence-corrected chi connectivity index (χ0v) is 5.50. The summed E-state index contributed by atoms with van der Waals surface area (Å²) in [4.78, 5) is 2.07. The second-order valence-electron chi connectivity index (χ2n) is 2.01. The summed E-state index contributed by atoms with van der Waals surface area (Å²) < 4.78 is 0. The molecule has 0 unspecified atom stereocenters. The predicted molar refractivity (Wildman–Crippen MR) is 35.2 cm³/mol. The fraction of sp³-hybridized carbons (Fsp3) is 0.429. The standard InChI is InChI=1S/C7H10NO/c1-2-8-5-3-7(9)4-6-8/h3-5H,2,6H2,1H3. The minimum atomic E-state index is 0.125. The number of hydrogen-bond acceptors (Lipinski definition) is 1. The van der Waals surface area contributed by atoms with Gasteiger partial charge in [-0.25, -0.2) is 0 Å². The first-order valence-corrected chi connectivity index (χ1v) is 3.12. The molecule has 0 N–H and O–H groups in total. The molecule has 0 aromatic rings. The van der Waals surface area contributed by atoms with Crippen LogP contribution in [0.1, 0.15) is 6.92 Å². The van der Waals surface area contributed by atoms with E-state index in [4.69, 9.17) is 0 Å². The van der Waals surface area contributed by atoms with Crippen molar-refractivity contribution in [3.63, 3.8) is 0 Å². The maximum absolute atomic E-state index is 10.6. The van der Waals surface area contributed by atoms with Gasteiger partial charge in [0.25, 0.3) is 0 Å². The van der Waals surface area contributed by atoms with Gasteiger partial charge < -0.3 is 4.90 Å². The second kappa shape index (κ2) is 2.58. The first-order valence-electron chi connectivity index (χ1n) is 3.12. The van der Waals surface area contributed by atoms with Gasteiger partial charge in [0, 0.05) is 25.4 Å². The van der Waals surface area contributed by atoms with Crippen molar-refractivity contribution in [2.75, 3.05) is 13.1 Å². The predicted octanol–water partition coefficient (Wildman–Crippen LogP) is 1.15. The first kappa shape index (κ1) is 6.20. The van der Waals surface area contributed by atoms with Gasteiger partial charge in [-0.3, -0.25) is 5.11 Å². The van der Waals surface area contributed by atoms with E-state index in [1.807, 2.05) is 6.20 Å². The highest BCUT2D eigenvalue weighted by Gasteiger charge is 2.00. The summed E-state index contributed by atoms with van der Waals surface area (Å²) in [6.07, 6.45) is 5.11. The van der Waals surface area contributed by atoms with Crippen molar-refractivity contribution in [1.29, 1.82) is 0 Å². The van der Waals surface area contributed by atoms with Crippen LogP contribution in [0.3, 0.4) is 0 Å². The summed E-state index contributed by atoms with van der Waals surface area (Å²) in [7, 11) is 0. The third-order valence-electron chi connectivity index (χ3n) is 1.38. The number of likely N-dealkylation sites (N-methyl/N-ethyl adjacent to an activating group) is 1. The van der Waals surface area contributed by atoms with Crippen LogP contribution in [-0.2, 0) is 5.11 Å². The van der Waals surface area contributed by atoms with Gasteiger partial charge in [0.15, 0.2) is 5.76 Å². The van der Waals surface area contributed by atoms with Gasteiger partial charge in [-0.2, -0.15) is 0 Å². The molecule has 0 spiro atoms. The molecule has 0 saturated heterocycles. The highest BCUT2D eigenvalue weighted by atomic mass is 16.3. The van der Waals surface area contributed by atoms with Gasteiger partial charge in [0.1, 0.15) is 0 Å². The average Bonchev–Trinajstić information content (AvgIpc) is 1.90. The molecule has 0 atom stereocenters. The molecule has 1 aliphatic rings. The van der Waals surface area contributed by atoms with E-state index in [0.29, 0.717) is 0 Å². The SMILES string of the molecule is CCN1C=CC([O])=CC1. The lowest BCUT2D eigenvalue weighted by Gasteiger charge is -2.17. The third kappa shape index (κ3) is 1.49. The van der Waals surface area contributed by atoms with Crippen LogP contribution in [0, 0.1) is 0 Å². The first-order chi connectivity index (χ1) is 4.33. The van der Waals surface area contributed by atoms with E-state index >= 15 is 0 Å². The molecular formula is C7H10NO. The Morgan fingerprint density at radius 2 is 2.56 bits per heavy atom. The lowest BCUT2D eigenvalue weighted by atomic mass is 10.3. The molecule has 1 heterocycles. The van der Waals surface area contributed by atoms with Gasteiger partial charge in [-0.1, -0.05) is 0 Å². The average molecular weight is 124 g/mol. The zero-order valence-electron chi connectivity index (χ0n) is 5.50. The van der Waals surface area contributed by atoms with E-state index in [9.17, 15) is 5.11 Å². The Bertz CT molecular complexity index is 149. The summed E-state index contributed by atoms with van der Waals surface area (Å²) in [5, 5.41) is 10.6. The molecule has 49 valence electrons. The highest BCUT2D eigenvalue weighted by Crippen LogP contribution is 2.02. The number of allylic oxidation sites excluding steroid dienone is 1. The summed E-state index contributed by atoms with van der Waals surface area (Å²) in [6.45, 7) is 3.81. The Hall–Kier alpha value is -0.920. The summed E-state index contributed by atoms with van der Waals surface area (Å²) in [6, 6.07) is 0. The fourth-order valence-corrected chi connectivity index (χ4v) is 0.750. The number of hydrogen-bond donors (Lipinski definition) is 0. The maximum atomic E-state index is 10.6.